The Morgan fingerprint density at radius 3 is 2.65 bits per heavy atom. The standard InChI is InChI=1S/C13H18N2O4S/c1-9-4-5-12(10(2)6-9)20(17,18)14-7-11-8-15(3)13(16)19-11/h4-6,11,14H,7-8H2,1-3H3. The lowest BCUT2D eigenvalue weighted by Crippen LogP contribution is -2.34. The van der Waals surface area contributed by atoms with E-state index >= 15 is 0 Å². The van der Waals surface area contributed by atoms with Crippen LogP contribution in [-0.4, -0.2) is 45.7 Å². The molecule has 6 nitrogen and oxygen atoms in total. The van der Waals surface area contributed by atoms with Crippen molar-refractivity contribution in [3.8, 4) is 0 Å². The molecule has 1 saturated heterocycles. The third kappa shape index (κ3) is 3.10. The number of sulfonamides is 1. The molecule has 1 aliphatic rings. The van der Waals surface area contributed by atoms with E-state index in [4.69, 9.17) is 4.74 Å². The summed E-state index contributed by atoms with van der Waals surface area (Å²) in [4.78, 5) is 12.9. The molecule has 0 bridgehead atoms. The van der Waals surface area contributed by atoms with Crippen LogP contribution in [-0.2, 0) is 14.8 Å². The molecule has 1 unspecified atom stereocenters. The minimum Gasteiger partial charge on any atom is -0.443 e. The van der Waals surface area contributed by atoms with Crippen molar-refractivity contribution in [2.24, 2.45) is 0 Å². The maximum atomic E-state index is 12.2. The van der Waals surface area contributed by atoms with Crippen molar-refractivity contribution in [2.45, 2.75) is 24.8 Å². The number of carbonyl (C=O) groups is 1. The summed E-state index contributed by atoms with van der Waals surface area (Å²) >= 11 is 0. The lowest BCUT2D eigenvalue weighted by atomic mass is 10.2. The third-order valence-electron chi connectivity index (χ3n) is 3.18. The smallest absolute Gasteiger partial charge is 0.410 e. The molecule has 0 spiro atoms. The number of cyclic esters (lactones) is 1. The summed E-state index contributed by atoms with van der Waals surface area (Å²) < 4.78 is 31.9. The predicted molar refractivity (Wildman–Crippen MR) is 74.0 cm³/mol. The van der Waals surface area contributed by atoms with Crippen LogP contribution in [0, 0.1) is 13.8 Å². The van der Waals surface area contributed by atoms with E-state index < -0.39 is 22.2 Å². The first-order valence-electron chi connectivity index (χ1n) is 6.28. The van der Waals surface area contributed by atoms with Gasteiger partial charge in [0.25, 0.3) is 0 Å². The number of nitrogens with one attached hydrogen (secondary N) is 1. The largest absolute Gasteiger partial charge is 0.443 e. The Labute approximate surface area is 118 Å². The van der Waals surface area contributed by atoms with Crippen LogP contribution in [0.5, 0.6) is 0 Å². The van der Waals surface area contributed by atoms with Gasteiger partial charge in [-0.1, -0.05) is 17.7 Å². The van der Waals surface area contributed by atoms with Crippen molar-refractivity contribution >= 4 is 16.1 Å². The van der Waals surface area contributed by atoms with Gasteiger partial charge in [0.2, 0.25) is 10.0 Å². The fraction of sp³-hybridized carbons (Fsp3) is 0.462. The van der Waals surface area contributed by atoms with Gasteiger partial charge in [-0.15, -0.1) is 0 Å². The summed E-state index contributed by atoms with van der Waals surface area (Å²) in [6.45, 7) is 4.12. The number of aryl methyl sites for hydroxylation is 2. The molecule has 1 atom stereocenters. The van der Waals surface area contributed by atoms with Crippen LogP contribution in [0.15, 0.2) is 23.1 Å². The lowest BCUT2D eigenvalue weighted by Gasteiger charge is -2.12. The molecule has 1 heterocycles. The number of carbonyl (C=O) groups excluding carboxylic acids is 1. The van der Waals surface area contributed by atoms with E-state index in [1.54, 1.807) is 26.1 Å². The highest BCUT2D eigenvalue weighted by Gasteiger charge is 2.29. The second kappa shape index (κ2) is 5.41. The average Bonchev–Trinajstić information content (AvgIpc) is 2.66. The van der Waals surface area contributed by atoms with E-state index in [9.17, 15) is 13.2 Å². The molecule has 1 aromatic rings. The number of hydrogen-bond donors (Lipinski definition) is 1. The van der Waals surface area contributed by atoms with E-state index in [0.29, 0.717) is 12.1 Å². The molecule has 20 heavy (non-hydrogen) atoms. The van der Waals surface area contributed by atoms with E-state index in [1.807, 2.05) is 13.0 Å². The molecule has 0 radical (unpaired) electrons. The highest BCUT2D eigenvalue weighted by molar-refractivity contribution is 7.89. The molecule has 1 amide bonds. The Morgan fingerprint density at radius 1 is 1.40 bits per heavy atom. The molecular formula is C13H18N2O4S. The number of amides is 1. The van der Waals surface area contributed by atoms with Gasteiger partial charge in [0.05, 0.1) is 11.4 Å². The third-order valence-corrected chi connectivity index (χ3v) is 4.76. The van der Waals surface area contributed by atoms with Gasteiger partial charge in [-0.3, -0.25) is 0 Å². The Kier molecular flexibility index (Phi) is 4.01. The van der Waals surface area contributed by atoms with Gasteiger partial charge in [-0.05, 0) is 25.5 Å². The Morgan fingerprint density at radius 2 is 2.10 bits per heavy atom. The van der Waals surface area contributed by atoms with Crippen molar-refractivity contribution in [3.05, 3.63) is 29.3 Å². The minimum absolute atomic E-state index is 0.0751. The van der Waals surface area contributed by atoms with Gasteiger partial charge in [0.15, 0.2) is 0 Å². The lowest BCUT2D eigenvalue weighted by molar-refractivity contribution is 0.135. The van der Waals surface area contributed by atoms with Gasteiger partial charge in [-0.25, -0.2) is 17.9 Å². The maximum absolute atomic E-state index is 12.2. The van der Waals surface area contributed by atoms with E-state index in [1.165, 1.54) is 4.90 Å². The highest BCUT2D eigenvalue weighted by atomic mass is 32.2. The first-order chi connectivity index (χ1) is 9.29. The molecule has 1 N–H and O–H groups in total. The summed E-state index contributed by atoms with van der Waals surface area (Å²) in [6.07, 6.45) is -0.881. The number of ether oxygens (including phenoxy) is 1. The number of benzene rings is 1. The first-order valence-corrected chi connectivity index (χ1v) is 7.76. The predicted octanol–water partition coefficient (Wildman–Crippen LogP) is 1.03. The molecular weight excluding hydrogens is 280 g/mol. The van der Waals surface area contributed by atoms with Crippen molar-refractivity contribution in [1.82, 2.24) is 9.62 Å². The van der Waals surface area contributed by atoms with Gasteiger partial charge in [0, 0.05) is 13.6 Å². The number of likely N-dealkylation sites (N-methyl/N-ethyl adjacent to an activating group) is 1. The van der Waals surface area contributed by atoms with Crippen LogP contribution in [0.2, 0.25) is 0 Å². The van der Waals surface area contributed by atoms with Gasteiger partial charge < -0.3 is 9.64 Å². The summed E-state index contributed by atoms with van der Waals surface area (Å²) in [5.41, 5.74) is 1.70. The molecule has 2 rings (SSSR count). The molecule has 1 fully saturated rings. The molecule has 7 heteroatoms. The van der Waals surface area contributed by atoms with E-state index in [0.717, 1.165) is 5.56 Å². The molecule has 1 aromatic carbocycles. The van der Waals surface area contributed by atoms with Crippen LogP contribution in [0.1, 0.15) is 11.1 Å². The topological polar surface area (TPSA) is 75.7 Å². The highest BCUT2D eigenvalue weighted by Crippen LogP contribution is 2.16. The van der Waals surface area contributed by atoms with Gasteiger partial charge in [0.1, 0.15) is 6.10 Å². The number of rotatable bonds is 4. The van der Waals surface area contributed by atoms with Crippen molar-refractivity contribution in [1.29, 1.82) is 0 Å². The summed E-state index contributed by atoms with van der Waals surface area (Å²) in [6, 6.07) is 5.16. The SMILES string of the molecule is Cc1ccc(S(=O)(=O)NCC2CN(C)C(=O)O2)c(C)c1. The summed E-state index contributed by atoms with van der Waals surface area (Å²) in [7, 11) is -1.98. The van der Waals surface area contributed by atoms with Crippen LogP contribution in [0.3, 0.4) is 0 Å². The summed E-state index contributed by atoms with van der Waals surface area (Å²) in [5.74, 6) is 0. The summed E-state index contributed by atoms with van der Waals surface area (Å²) in [5, 5.41) is 0. The average molecular weight is 298 g/mol. The molecule has 0 aliphatic carbocycles. The van der Waals surface area contributed by atoms with E-state index in [2.05, 4.69) is 4.72 Å². The maximum Gasteiger partial charge on any atom is 0.410 e. The zero-order chi connectivity index (χ0) is 14.9. The van der Waals surface area contributed by atoms with Crippen LogP contribution in [0.4, 0.5) is 4.79 Å². The van der Waals surface area contributed by atoms with Crippen molar-refractivity contribution < 1.29 is 17.9 Å². The van der Waals surface area contributed by atoms with Crippen molar-refractivity contribution in [2.75, 3.05) is 20.1 Å². The minimum atomic E-state index is -3.59. The monoisotopic (exact) mass is 298 g/mol. The fourth-order valence-corrected chi connectivity index (χ4v) is 3.43. The van der Waals surface area contributed by atoms with Crippen LogP contribution >= 0.6 is 0 Å². The van der Waals surface area contributed by atoms with Gasteiger partial charge >= 0.3 is 6.09 Å². The zero-order valence-corrected chi connectivity index (χ0v) is 12.5. The quantitative estimate of drug-likeness (QED) is 0.901. The molecule has 0 saturated carbocycles. The number of nitrogens with zero attached hydrogens (tertiary/aromatic N) is 1. The second-order valence-corrected chi connectivity index (χ2v) is 6.74. The van der Waals surface area contributed by atoms with Crippen LogP contribution < -0.4 is 4.72 Å². The van der Waals surface area contributed by atoms with Gasteiger partial charge in [-0.2, -0.15) is 0 Å². The molecule has 0 aromatic heterocycles. The normalized spacial score (nSPS) is 19.2. The second-order valence-electron chi connectivity index (χ2n) is 5.01. The number of hydrogen-bond acceptors (Lipinski definition) is 4. The molecule has 110 valence electrons. The fourth-order valence-electron chi connectivity index (χ4n) is 2.14. The Balaban J connectivity index is 2.06. The Hall–Kier alpha value is -1.60. The first kappa shape index (κ1) is 14.8. The molecule has 1 aliphatic heterocycles. The van der Waals surface area contributed by atoms with Crippen LogP contribution in [0.25, 0.3) is 0 Å². The Bertz CT molecular complexity index is 627. The van der Waals surface area contributed by atoms with Crippen molar-refractivity contribution in [3.63, 3.8) is 0 Å². The van der Waals surface area contributed by atoms with E-state index in [-0.39, 0.29) is 11.4 Å². The zero-order valence-electron chi connectivity index (χ0n) is 11.7.